The number of nitrogens with two attached hydrogens (primary N) is 1. The summed E-state index contributed by atoms with van der Waals surface area (Å²) in [4.78, 5) is 14.5. The predicted octanol–water partition coefficient (Wildman–Crippen LogP) is 6.59. The maximum Gasteiger partial charge on any atom is 0.349 e. The van der Waals surface area contributed by atoms with Gasteiger partial charge < -0.3 is 15.6 Å². The number of carbonyl (C=O) groups is 1. The molecule has 4 rings (SSSR count). The van der Waals surface area contributed by atoms with Crippen LogP contribution in [0.5, 0.6) is 0 Å². The molecule has 0 spiro atoms. The van der Waals surface area contributed by atoms with Gasteiger partial charge in [-0.05, 0) is 66.0 Å². The van der Waals surface area contributed by atoms with E-state index in [-0.39, 0.29) is 22.0 Å². The lowest BCUT2D eigenvalue weighted by Crippen LogP contribution is -2.44. The van der Waals surface area contributed by atoms with Crippen molar-refractivity contribution in [3.05, 3.63) is 63.9 Å². The molecule has 35 heavy (non-hydrogen) atoms. The van der Waals surface area contributed by atoms with Gasteiger partial charge in [-0.3, -0.25) is 5.10 Å². The Labute approximate surface area is 211 Å². The molecule has 0 bridgehead atoms. The zero-order valence-electron chi connectivity index (χ0n) is 21.4. The average Bonchev–Trinajstić information content (AvgIpc) is 3.25. The smallest absolute Gasteiger partial charge is 0.349 e. The fourth-order valence-corrected chi connectivity index (χ4v) is 5.92. The van der Waals surface area contributed by atoms with Gasteiger partial charge in [-0.25, -0.2) is 4.79 Å². The molecule has 0 fully saturated rings. The summed E-state index contributed by atoms with van der Waals surface area (Å²) in [5.41, 5.74) is 10.1. The minimum atomic E-state index is -0.777. The summed E-state index contributed by atoms with van der Waals surface area (Å²) in [6, 6.07) is 10.0. The van der Waals surface area contributed by atoms with Gasteiger partial charge in [0.05, 0.1) is 11.7 Å². The average molecular weight is 494 g/mol. The second-order valence-electron chi connectivity index (χ2n) is 10.9. The van der Waals surface area contributed by atoms with E-state index in [1.165, 1.54) is 11.8 Å². The molecule has 0 amide bonds. The molecular formula is C28H35N3O3S. The van der Waals surface area contributed by atoms with Crippen LogP contribution in [0.2, 0.25) is 0 Å². The van der Waals surface area contributed by atoms with Crippen LogP contribution in [0.15, 0.2) is 52.1 Å². The number of aryl methyl sites for hydroxylation is 2. The Morgan fingerprint density at radius 2 is 2.03 bits per heavy atom. The summed E-state index contributed by atoms with van der Waals surface area (Å²) < 4.78 is 6.16. The maximum atomic E-state index is 13.3. The Morgan fingerprint density at radius 1 is 1.29 bits per heavy atom. The Bertz CT molecular complexity index is 1300. The molecule has 3 aromatic rings. The number of H-pyrrole nitrogens is 1. The number of thioether (sulfide) groups is 1. The van der Waals surface area contributed by atoms with E-state index in [0.29, 0.717) is 19.3 Å². The van der Waals surface area contributed by atoms with Crippen molar-refractivity contribution in [2.24, 2.45) is 5.92 Å². The Hall–Kier alpha value is -2.93. The first-order valence-corrected chi connectivity index (χ1v) is 12.9. The van der Waals surface area contributed by atoms with Crippen LogP contribution >= 0.6 is 11.8 Å². The van der Waals surface area contributed by atoms with E-state index in [0.717, 1.165) is 38.2 Å². The SMILES string of the molecule is Cc1cc(SC2=C(O)CC(CCc3cccc4[nH]ncc34)(C(C)C)OC2=O)c(C(C)(C)C)cc1N. The number of fused-ring (bicyclic) bond motifs is 1. The van der Waals surface area contributed by atoms with E-state index in [1.807, 2.05) is 51.2 Å². The molecule has 0 aliphatic carbocycles. The Morgan fingerprint density at radius 3 is 2.69 bits per heavy atom. The van der Waals surface area contributed by atoms with E-state index in [9.17, 15) is 9.90 Å². The van der Waals surface area contributed by atoms with E-state index in [2.05, 4.69) is 37.0 Å². The summed E-state index contributed by atoms with van der Waals surface area (Å²) >= 11 is 1.27. The molecule has 1 aliphatic rings. The number of aromatic nitrogens is 2. The van der Waals surface area contributed by atoms with Crippen LogP contribution < -0.4 is 5.73 Å². The van der Waals surface area contributed by atoms with Gasteiger partial charge in [0.15, 0.2) is 0 Å². The fraction of sp³-hybridized carbons (Fsp3) is 0.429. The van der Waals surface area contributed by atoms with Gasteiger partial charge in [-0.15, -0.1) is 0 Å². The number of esters is 1. The van der Waals surface area contributed by atoms with Crippen molar-refractivity contribution in [1.82, 2.24) is 10.2 Å². The largest absolute Gasteiger partial charge is 0.511 e. The van der Waals surface area contributed by atoms with Crippen molar-refractivity contribution in [3.8, 4) is 0 Å². The lowest BCUT2D eigenvalue weighted by atomic mass is 9.80. The van der Waals surface area contributed by atoms with Gasteiger partial charge in [0.2, 0.25) is 0 Å². The van der Waals surface area contributed by atoms with Crippen molar-refractivity contribution in [2.45, 2.75) is 76.7 Å². The summed E-state index contributed by atoms with van der Waals surface area (Å²) in [5.74, 6) is -0.341. The molecule has 0 radical (unpaired) electrons. The number of nitrogens with one attached hydrogen (secondary N) is 1. The highest BCUT2D eigenvalue weighted by molar-refractivity contribution is 8.04. The molecular weight excluding hydrogens is 458 g/mol. The zero-order chi connectivity index (χ0) is 25.5. The highest BCUT2D eigenvalue weighted by Gasteiger charge is 2.44. The van der Waals surface area contributed by atoms with Gasteiger partial charge in [-0.1, -0.05) is 58.5 Å². The molecule has 1 unspecified atom stereocenters. The minimum absolute atomic E-state index is 0.0348. The summed E-state index contributed by atoms with van der Waals surface area (Å²) in [5, 5.41) is 19.4. The maximum absolute atomic E-state index is 13.3. The minimum Gasteiger partial charge on any atom is -0.511 e. The first-order chi connectivity index (χ1) is 16.4. The molecule has 7 heteroatoms. The molecule has 0 saturated carbocycles. The monoisotopic (exact) mass is 493 g/mol. The van der Waals surface area contributed by atoms with Crippen LogP contribution in [0, 0.1) is 12.8 Å². The number of benzene rings is 2. The fourth-order valence-electron chi connectivity index (χ4n) is 4.67. The summed E-state index contributed by atoms with van der Waals surface area (Å²) in [7, 11) is 0. The number of aliphatic hydroxyl groups excluding tert-OH is 1. The van der Waals surface area contributed by atoms with Crippen LogP contribution in [-0.4, -0.2) is 26.9 Å². The topological polar surface area (TPSA) is 101 Å². The number of carbonyl (C=O) groups excluding carboxylic acids is 1. The third-order valence-corrected chi connectivity index (χ3v) is 8.21. The molecule has 6 nitrogen and oxygen atoms in total. The molecule has 1 aromatic heterocycles. The van der Waals surface area contributed by atoms with E-state index < -0.39 is 11.6 Å². The van der Waals surface area contributed by atoms with Crippen LogP contribution in [0.25, 0.3) is 10.9 Å². The molecule has 4 N–H and O–H groups in total. The number of anilines is 1. The highest BCUT2D eigenvalue weighted by Crippen LogP contribution is 2.45. The number of nitrogen functional groups attached to an aromatic ring is 1. The van der Waals surface area contributed by atoms with E-state index >= 15 is 0 Å². The highest BCUT2D eigenvalue weighted by atomic mass is 32.2. The number of rotatable bonds is 6. The second kappa shape index (κ2) is 9.26. The predicted molar refractivity (Wildman–Crippen MR) is 142 cm³/mol. The van der Waals surface area contributed by atoms with E-state index in [4.69, 9.17) is 10.5 Å². The Kier molecular flexibility index (Phi) is 6.66. The number of aliphatic hydroxyl groups is 1. The normalized spacial score (nSPS) is 19.0. The first kappa shape index (κ1) is 25.2. The lowest BCUT2D eigenvalue weighted by molar-refractivity contribution is -0.164. The third kappa shape index (κ3) is 4.92. The van der Waals surface area contributed by atoms with Crippen molar-refractivity contribution in [3.63, 3.8) is 0 Å². The van der Waals surface area contributed by atoms with Crippen LogP contribution in [-0.2, 0) is 21.4 Å². The lowest BCUT2D eigenvalue weighted by Gasteiger charge is -2.40. The van der Waals surface area contributed by atoms with Crippen molar-refractivity contribution in [1.29, 1.82) is 0 Å². The molecule has 2 aromatic carbocycles. The number of hydrogen-bond donors (Lipinski definition) is 3. The van der Waals surface area contributed by atoms with Crippen LogP contribution in [0.3, 0.4) is 0 Å². The van der Waals surface area contributed by atoms with Gasteiger partial charge in [-0.2, -0.15) is 5.10 Å². The summed E-state index contributed by atoms with van der Waals surface area (Å²) in [6.07, 6.45) is 3.44. The van der Waals surface area contributed by atoms with Crippen molar-refractivity contribution in [2.75, 3.05) is 5.73 Å². The van der Waals surface area contributed by atoms with Crippen molar-refractivity contribution < 1.29 is 14.6 Å². The number of nitrogens with zero attached hydrogens (tertiary/aromatic N) is 1. The summed E-state index contributed by atoms with van der Waals surface area (Å²) in [6.45, 7) is 12.4. The number of hydrogen-bond acceptors (Lipinski definition) is 6. The standard InChI is InChI=1S/C28H35N3O3S/c1-16(2)28(11-10-18-8-7-9-22-19(18)15-30-31-22)14-23(32)25(26(33)34-28)35-24-12-17(3)21(29)13-20(24)27(4,5)6/h7-9,12-13,15-16,32H,10-11,14,29H2,1-6H3,(H,30,31). The second-order valence-corrected chi connectivity index (χ2v) is 11.9. The van der Waals surface area contributed by atoms with Crippen LogP contribution in [0.1, 0.15) is 64.2 Å². The molecule has 1 atom stereocenters. The number of cyclic esters (lactones) is 1. The van der Waals surface area contributed by atoms with Gasteiger partial charge in [0.1, 0.15) is 16.3 Å². The van der Waals surface area contributed by atoms with Gasteiger partial charge in [0, 0.05) is 22.4 Å². The molecule has 1 aliphatic heterocycles. The molecule has 186 valence electrons. The van der Waals surface area contributed by atoms with Gasteiger partial charge >= 0.3 is 5.97 Å². The number of aromatic amines is 1. The van der Waals surface area contributed by atoms with Crippen molar-refractivity contribution >= 4 is 34.3 Å². The Balaban J connectivity index is 1.63. The zero-order valence-corrected chi connectivity index (χ0v) is 22.2. The van der Waals surface area contributed by atoms with Crippen LogP contribution in [0.4, 0.5) is 5.69 Å². The number of ether oxygens (including phenoxy) is 1. The van der Waals surface area contributed by atoms with Gasteiger partial charge in [0.25, 0.3) is 0 Å². The quantitative estimate of drug-likeness (QED) is 0.265. The molecule has 2 heterocycles. The molecule has 0 saturated heterocycles. The van der Waals surface area contributed by atoms with E-state index in [1.54, 1.807) is 0 Å². The first-order valence-electron chi connectivity index (χ1n) is 12.1. The third-order valence-electron chi connectivity index (χ3n) is 7.04.